The topological polar surface area (TPSA) is 117 Å². The molecule has 9 nitrogen and oxygen atoms in total. The summed E-state index contributed by atoms with van der Waals surface area (Å²) in [5.41, 5.74) is 3.91. The molecule has 166 valence electrons. The van der Waals surface area contributed by atoms with Crippen LogP contribution in [0.2, 0.25) is 0 Å². The third-order valence-corrected chi connectivity index (χ3v) is 6.00. The van der Waals surface area contributed by atoms with Gasteiger partial charge in [0.15, 0.2) is 0 Å². The minimum absolute atomic E-state index is 0.0555. The van der Waals surface area contributed by atoms with Gasteiger partial charge in [0.2, 0.25) is 23.6 Å². The first-order chi connectivity index (χ1) is 13.4. The Bertz CT molecular complexity index is 627. The van der Waals surface area contributed by atoms with Gasteiger partial charge < -0.3 is 10.1 Å². The number of thiol groups is 1. The monoisotopic (exact) mass is 448 g/mol. The number of nitrogens with one attached hydrogen (secondary N) is 3. The highest BCUT2D eigenvalue weighted by molar-refractivity contribution is 8.69. The van der Waals surface area contributed by atoms with Gasteiger partial charge in [0.1, 0.15) is 5.25 Å². The van der Waals surface area contributed by atoms with E-state index in [1.165, 1.54) is 0 Å². The maximum absolute atomic E-state index is 12.0. The maximum atomic E-state index is 12.0. The van der Waals surface area contributed by atoms with E-state index in [9.17, 15) is 19.2 Å². The molecule has 3 N–H and O–H groups in total. The predicted molar refractivity (Wildman–Crippen MR) is 115 cm³/mol. The fourth-order valence-corrected chi connectivity index (χ4v) is 3.50. The molecule has 11 heteroatoms. The number of hydrogen-bond donors (Lipinski definition) is 4. The van der Waals surface area contributed by atoms with Crippen molar-refractivity contribution in [3.63, 3.8) is 0 Å². The molecular weight excluding hydrogens is 416 g/mol. The zero-order valence-electron chi connectivity index (χ0n) is 17.7. The van der Waals surface area contributed by atoms with Crippen molar-refractivity contribution in [3.05, 3.63) is 0 Å². The number of hydrogen-bond acceptors (Lipinski definition) is 8. The highest BCUT2D eigenvalue weighted by Crippen LogP contribution is 2.27. The molecule has 1 atom stereocenters. The molecule has 1 fully saturated rings. The normalized spacial score (nSPS) is 17.6. The van der Waals surface area contributed by atoms with Crippen LogP contribution in [0.15, 0.2) is 0 Å². The Balaban J connectivity index is 2.34. The number of hydrazine groups is 1. The molecule has 1 heterocycles. The van der Waals surface area contributed by atoms with E-state index in [2.05, 4.69) is 27.8 Å². The molecule has 0 aromatic heterocycles. The van der Waals surface area contributed by atoms with E-state index in [0.29, 0.717) is 13.0 Å². The summed E-state index contributed by atoms with van der Waals surface area (Å²) in [5, 5.41) is 2.31. The van der Waals surface area contributed by atoms with Crippen LogP contribution in [0.3, 0.4) is 0 Å². The van der Waals surface area contributed by atoms with Crippen molar-refractivity contribution in [2.75, 3.05) is 26.7 Å². The van der Waals surface area contributed by atoms with Gasteiger partial charge in [-0.05, 0) is 34.1 Å². The number of nitrogens with zero attached hydrogens (tertiary/aromatic N) is 1. The smallest absolute Gasteiger partial charge is 0.243 e. The lowest BCUT2D eigenvalue weighted by Crippen LogP contribution is -2.46. The number of rotatable bonds is 12. The van der Waals surface area contributed by atoms with Crippen LogP contribution in [-0.2, 0) is 23.9 Å². The number of carbonyl (C=O) groups is 4. The molecule has 0 aliphatic carbocycles. The van der Waals surface area contributed by atoms with Crippen molar-refractivity contribution in [1.82, 2.24) is 21.1 Å². The van der Waals surface area contributed by atoms with Gasteiger partial charge in [0.05, 0.1) is 17.6 Å². The second-order valence-electron chi connectivity index (χ2n) is 8.17. The van der Waals surface area contributed by atoms with E-state index in [-0.39, 0.29) is 49.6 Å². The number of amides is 4. The first-order valence-corrected chi connectivity index (χ1v) is 11.4. The number of imide groups is 1. The van der Waals surface area contributed by atoms with Gasteiger partial charge in [-0.15, -0.1) is 11.7 Å². The second-order valence-corrected chi connectivity index (χ2v) is 9.58. The van der Waals surface area contributed by atoms with Crippen LogP contribution in [0.4, 0.5) is 0 Å². The van der Waals surface area contributed by atoms with Crippen molar-refractivity contribution < 1.29 is 23.9 Å². The SMILES string of the molecule is CNNC(=O)C(C)(C)COC(C)(C)CCNC(=O)CCN1C(=O)CC(SS)C1=O. The largest absolute Gasteiger partial charge is 0.374 e. The van der Waals surface area contributed by atoms with Gasteiger partial charge in [-0.1, -0.05) is 10.8 Å². The fraction of sp³-hybridized carbons (Fsp3) is 0.778. The molecule has 0 bridgehead atoms. The molecule has 0 spiro atoms. The third kappa shape index (κ3) is 8.15. The van der Waals surface area contributed by atoms with E-state index in [4.69, 9.17) is 4.74 Å². The summed E-state index contributed by atoms with van der Waals surface area (Å²) >= 11 is 4.00. The zero-order valence-corrected chi connectivity index (χ0v) is 19.4. The van der Waals surface area contributed by atoms with Gasteiger partial charge in [-0.25, -0.2) is 5.43 Å². The standard InChI is InChI=1S/C18H32N4O5S2/c1-17(2,16(26)21-19-5)11-27-18(3,4)7-8-20-13(23)6-9-22-14(24)10-12(29-28)15(22)25/h12,19,28H,6-11H2,1-5H3,(H,20,23)(H,21,26). The molecule has 1 unspecified atom stereocenters. The third-order valence-electron chi connectivity index (χ3n) is 4.62. The Morgan fingerprint density at radius 2 is 1.93 bits per heavy atom. The van der Waals surface area contributed by atoms with Crippen LogP contribution in [-0.4, -0.2) is 66.1 Å². The van der Waals surface area contributed by atoms with Gasteiger partial charge >= 0.3 is 0 Å². The van der Waals surface area contributed by atoms with Gasteiger partial charge in [-0.2, -0.15) is 0 Å². The van der Waals surface area contributed by atoms with Crippen LogP contribution in [0, 0.1) is 5.41 Å². The minimum atomic E-state index is -0.707. The highest BCUT2D eigenvalue weighted by atomic mass is 33.1. The molecule has 1 aliphatic heterocycles. The molecule has 29 heavy (non-hydrogen) atoms. The van der Waals surface area contributed by atoms with E-state index in [1.54, 1.807) is 20.9 Å². The summed E-state index contributed by atoms with van der Waals surface area (Å²) in [5.74, 6) is -0.971. The number of carbonyl (C=O) groups excluding carboxylic acids is 4. The van der Waals surface area contributed by atoms with Crippen LogP contribution in [0.5, 0.6) is 0 Å². The molecule has 4 amide bonds. The van der Waals surface area contributed by atoms with E-state index in [0.717, 1.165) is 15.7 Å². The molecule has 1 rings (SSSR count). The van der Waals surface area contributed by atoms with Crippen molar-refractivity contribution in [2.24, 2.45) is 5.41 Å². The number of ether oxygens (including phenoxy) is 1. The molecule has 0 saturated carbocycles. The molecule has 1 aliphatic rings. The Kier molecular flexibility index (Phi) is 9.93. The average molecular weight is 449 g/mol. The summed E-state index contributed by atoms with van der Waals surface area (Å²) in [7, 11) is 2.67. The van der Waals surface area contributed by atoms with Crippen molar-refractivity contribution in [3.8, 4) is 0 Å². The Labute approximate surface area is 181 Å². The maximum Gasteiger partial charge on any atom is 0.243 e. The lowest BCUT2D eigenvalue weighted by atomic mass is 9.93. The predicted octanol–water partition coefficient (Wildman–Crippen LogP) is 0.660. The summed E-state index contributed by atoms with van der Waals surface area (Å²) in [6.07, 6.45) is 0.727. The first-order valence-electron chi connectivity index (χ1n) is 9.46. The van der Waals surface area contributed by atoms with Crippen LogP contribution >= 0.6 is 22.5 Å². The highest BCUT2D eigenvalue weighted by Gasteiger charge is 2.38. The lowest BCUT2D eigenvalue weighted by molar-refractivity contribution is -0.139. The Morgan fingerprint density at radius 3 is 2.48 bits per heavy atom. The zero-order chi connectivity index (χ0) is 22.2. The number of likely N-dealkylation sites (tertiary alicyclic amines) is 1. The van der Waals surface area contributed by atoms with E-state index < -0.39 is 16.3 Å². The summed E-state index contributed by atoms with van der Waals surface area (Å²) < 4.78 is 5.89. The van der Waals surface area contributed by atoms with Crippen molar-refractivity contribution in [2.45, 2.75) is 57.8 Å². The van der Waals surface area contributed by atoms with Crippen LogP contribution in [0.25, 0.3) is 0 Å². The van der Waals surface area contributed by atoms with E-state index in [1.807, 2.05) is 13.8 Å². The fourth-order valence-electron chi connectivity index (χ4n) is 2.57. The molecule has 0 aromatic rings. The molecule has 1 saturated heterocycles. The Hall–Kier alpha value is -1.30. The first kappa shape index (κ1) is 25.7. The Morgan fingerprint density at radius 1 is 1.28 bits per heavy atom. The average Bonchev–Trinajstić information content (AvgIpc) is 2.92. The molecule has 0 radical (unpaired) electrons. The lowest BCUT2D eigenvalue weighted by Gasteiger charge is -2.31. The van der Waals surface area contributed by atoms with Gasteiger partial charge in [0.25, 0.3) is 0 Å². The molecule has 0 aromatic carbocycles. The van der Waals surface area contributed by atoms with Crippen molar-refractivity contribution >= 4 is 46.1 Å². The molecular formula is C18H32N4O5S2. The van der Waals surface area contributed by atoms with Crippen LogP contribution < -0.4 is 16.2 Å². The quantitative estimate of drug-likeness (QED) is 0.150. The summed E-state index contributed by atoms with van der Waals surface area (Å²) in [6.45, 7) is 8.04. The van der Waals surface area contributed by atoms with Gasteiger partial charge in [-0.3, -0.25) is 29.5 Å². The summed E-state index contributed by atoms with van der Waals surface area (Å²) in [4.78, 5) is 49.0. The van der Waals surface area contributed by atoms with Crippen LogP contribution in [0.1, 0.15) is 47.0 Å². The van der Waals surface area contributed by atoms with Gasteiger partial charge in [0, 0.05) is 33.0 Å². The minimum Gasteiger partial charge on any atom is -0.374 e. The second kappa shape index (κ2) is 11.2. The van der Waals surface area contributed by atoms with Crippen molar-refractivity contribution in [1.29, 1.82) is 0 Å². The van der Waals surface area contributed by atoms with E-state index >= 15 is 0 Å². The summed E-state index contributed by atoms with van der Waals surface area (Å²) in [6, 6.07) is 0.